The Morgan fingerprint density at radius 3 is 1.03 bits per heavy atom. The summed E-state index contributed by atoms with van der Waals surface area (Å²) >= 11 is 0. The Labute approximate surface area is 451 Å². The van der Waals surface area contributed by atoms with Crippen LogP contribution in [0.5, 0.6) is 0 Å². The third-order valence-electron chi connectivity index (χ3n) is 11.4. The molecule has 0 unspecified atom stereocenters. The number of anilines is 2. The third kappa shape index (κ3) is 23.5. The largest absolute Gasteiger partial charge is 0.480 e. The Morgan fingerprint density at radius 1 is 0.480 bits per heavy atom. The fraction of sp³-hybridized carbons (Fsp3) is 0.481. The van der Waals surface area contributed by atoms with Gasteiger partial charge in [-0.15, -0.1) is 0 Å². The van der Waals surface area contributed by atoms with Crippen molar-refractivity contribution in [2.24, 2.45) is 0 Å². The summed E-state index contributed by atoms with van der Waals surface area (Å²) in [6.07, 6.45) is 0. The second-order valence-corrected chi connectivity index (χ2v) is 20.7. The summed E-state index contributed by atoms with van der Waals surface area (Å²) in [7, 11) is 3.95. The number of amides is 2. The van der Waals surface area contributed by atoms with Gasteiger partial charge in [-0.1, -0.05) is 36.4 Å². The van der Waals surface area contributed by atoms with Crippen molar-refractivity contribution in [1.82, 2.24) is 39.4 Å². The van der Waals surface area contributed by atoms with Gasteiger partial charge in [0, 0.05) is 118 Å². The molecule has 0 atom stereocenters. The number of hydrogen-bond donors (Lipinski definition) is 4. The maximum Gasteiger partial charge on any atom is 0.320 e. The first-order valence-electron chi connectivity index (χ1n) is 24.8. The molecular weight excluding hydrogens is 1000 g/mol. The first-order chi connectivity index (χ1) is 34.9. The van der Waals surface area contributed by atoms with Gasteiger partial charge in [0.15, 0.2) is 0 Å². The number of carboxylic acids is 2. The minimum Gasteiger partial charge on any atom is -0.480 e. The van der Waals surface area contributed by atoms with Gasteiger partial charge in [-0.2, -0.15) is 0 Å². The number of fused-ring (bicyclic) bond motifs is 4. The Hall–Kier alpha value is -6.16. The molecule has 2 aromatic carbocycles. The van der Waals surface area contributed by atoms with Crippen LogP contribution in [0.3, 0.4) is 0 Å². The number of pyridine rings is 2. The molecule has 0 saturated carbocycles. The van der Waals surface area contributed by atoms with Crippen molar-refractivity contribution in [2.45, 2.75) is 78.9 Å². The summed E-state index contributed by atoms with van der Waals surface area (Å²) in [5.41, 5.74) is 3.65. The first-order valence-corrected chi connectivity index (χ1v) is 24.8. The molecule has 4 bridgehead atoms. The Morgan fingerprint density at radius 2 is 0.760 bits per heavy atom. The standard InChI is InChI=1S/C31H45N5O5.C23H29N5O5.Mn/c1-30(2,3)40-27(37)21-35-15-13-34(7)14-16-36(22-28(38)41-31(4,5)6)20-26-18-24(17-25(19-35)32-26)33-29(39)23-11-9-8-10-12-23;1-26-7-9-27(15-21(29)30)13-19-11-18(25-23(33)17-5-3-2-4-6-17)12-20(24-19)14-28(10-8-26)16-22(31)32;/h8-12,17-18H,13-16,19-22H2,1-7H3,(H,32,33,39);2-6,11-12H,7-10,13-16H2,1H3,(H,29,30)(H,31,32)(H,24,25,33);. The van der Waals surface area contributed by atoms with Crippen molar-refractivity contribution in [3.8, 4) is 0 Å². The van der Waals surface area contributed by atoms with Gasteiger partial charge in [0.25, 0.3) is 11.8 Å². The van der Waals surface area contributed by atoms with E-state index in [4.69, 9.17) is 14.5 Å². The van der Waals surface area contributed by atoms with E-state index in [9.17, 15) is 39.0 Å². The zero-order valence-corrected chi connectivity index (χ0v) is 45.7. The predicted molar refractivity (Wildman–Crippen MR) is 280 cm³/mol. The Balaban J connectivity index is 0.000000327. The molecule has 75 heavy (non-hydrogen) atoms. The number of aromatic nitrogens is 2. The van der Waals surface area contributed by atoms with E-state index in [0.717, 1.165) is 0 Å². The second-order valence-electron chi connectivity index (χ2n) is 20.7. The van der Waals surface area contributed by atoms with Crippen LogP contribution >= 0.6 is 0 Å². The summed E-state index contributed by atoms with van der Waals surface area (Å²) in [6.45, 7) is 17.4. The molecule has 2 aliphatic heterocycles. The van der Waals surface area contributed by atoms with Crippen LogP contribution in [0, 0.1) is 0 Å². The molecule has 4 aromatic rings. The number of hydrogen-bond acceptors (Lipinski definition) is 16. The molecule has 0 aliphatic carbocycles. The topological polar surface area (TPSA) is 231 Å². The van der Waals surface area contributed by atoms with Crippen LogP contribution in [0.4, 0.5) is 11.4 Å². The quantitative estimate of drug-likeness (QED) is 0.112. The van der Waals surface area contributed by atoms with Crippen molar-refractivity contribution < 1.29 is 65.5 Å². The number of nitrogens with one attached hydrogen (secondary N) is 2. The van der Waals surface area contributed by atoms with E-state index in [2.05, 4.69) is 25.4 Å². The fourth-order valence-electron chi connectivity index (χ4n) is 8.09. The summed E-state index contributed by atoms with van der Waals surface area (Å²) in [6, 6.07) is 24.9. The number of likely N-dealkylation sites (N-methyl/N-ethyl adjacent to an activating group) is 2. The molecule has 0 saturated heterocycles. The molecule has 6 rings (SSSR count). The molecule has 4 heterocycles. The molecule has 0 spiro atoms. The summed E-state index contributed by atoms with van der Waals surface area (Å²) in [4.78, 5) is 95.2. The average Bonchev–Trinajstić information content (AvgIpc) is 3.29. The average molecular weight is 1080 g/mol. The smallest absolute Gasteiger partial charge is 0.320 e. The van der Waals surface area contributed by atoms with Crippen LogP contribution < -0.4 is 10.6 Å². The molecule has 2 aromatic heterocycles. The van der Waals surface area contributed by atoms with E-state index in [0.29, 0.717) is 124 Å². The van der Waals surface area contributed by atoms with Crippen molar-refractivity contribution in [3.63, 3.8) is 0 Å². The number of carbonyl (C=O) groups is 6. The van der Waals surface area contributed by atoms with Crippen LogP contribution in [0.15, 0.2) is 84.9 Å². The predicted octanol–water partition coefficient (Wildman–Crippen LogP) is 4.62. The monoisotopic (exact) mass is 1080 g/mol. The number of benzene rings is 2. The fourth-order valence-corrected chi connectivity index (χ4v) is 8.09. The Bertz CT molecular complexity index is 2420. The molecule has 1 radical (unpaired) electrons. The van der Waals surface area contributed by atoms with Gasteiger partial charge >= 0.3 is 23.9 Å². The number of carbonyl (C=O) groups excluding carboxylic acids is 4. The number of ether oxygens (including phenoxy) is 2. The van der Waals surface area contributed by atoms with E-state index < -0.39 is 23.1 Å². The number of aliphatic carboxylic acids is 2. The number of nitrogens with zero attached hydrogens (tertiary/aromatic N) is 8. The minimum absolute atomic E-state index is 0. The molecule has 21 heteroatoms. The van der Waals surface area contributed by atoms with E-state index in [1.54, 1.807) is 58.3 Å². The van der Waals surface area contributed by atoms with Crippen LogP contribution in [-0.4, -0.2) is 189 Å². The van der Waals surface area contributed by atoms with Crippen LogP contribution in [0.2, 0.25) is 0 Å². The van der Waals surface area contributed by atoms with E-state index in [1.165, 1.54) is 0 Å². The van der Waals surface area contributed by atoms with E-state index in [1.807, 2.05) is 102 Å². The molecule has 407 valence electrons. The zero-order valence-electron chi connectivity index (χ0n) is 44.5. The molecule has 2 amide bonds. The van der Waals surface area contributed by atoms with Gasteiger partial charge in [-0.05, 0) is 104 Å². The van der Waals surface area contributed by atoms with Crippen LogP contribution in [-0.2, 0) is 71.9 Å². The molecule has 2 aliphatic rings. The van der Waals surface area contributed by atoms with Crippen molar-refractivity contribution in [3.05, 3.63) is 119 Å². The van der Waals surface area contributed by atoms with E-state index >= 15 is 0 Å². The summed E-state index contributed by atoms with van der Waals surface area (Å²) in [5, 5.41) is 24.5. The van der Waals surface area contributed by atoms with E-state index in [-0.39, 0.29) is 67.0 Å². The van der Waals surface area contributed by atoms with Crippen molar-refractivity contribution in [1.29, 1.82) is 0 Å². The van der Waals surface area contributed by atoms with Crippen molar-refractivity contribution >= 4 is 47.1 Å². The normalized spacial score (nSPS) is 16.1. The van der Waals surface area contributed by atoms with Gasteiger partial charge < -0.3 is 40.1 Å². The molecular formula is C54H74MnN10O10. The summed E-state index contributed by atoms with van der Waals surface area (Å²) < 4.78 is 11.2. The van der Waals surface area contributed by atoms with Gasteiger partial charge in [0.05, 0.1) is 49.0 Å². The molecule has 4 N–H and O–H groups in total. The maximum atomic E-state index is 13.0. The number of esters is 2. The van der Waals surface area contributed by atoms with Crippen LogP contribution in [0.25, 0.3) is 0 Å². The van der Waals surface area contributed by atoms with Crippen LogP contribution in [0.1, 0.15) is 85.0 Å². The molecule has 0 fully saturated rings. The number of rotatable bonds is 12. The van der Waals surface area contributed by atoms with Gasteiger partial charge in [0.1, 0.15) is 11.2 Å². The summed E-state index contributed by atoms with van der Waals surface area (Å²) in [5.74, 6) is -2.95. The van der Waals surface area contributed by atoms with Gasteiger partial charge in [-0.25, -0.2) is 0 Å². The minimum atomic E-state index is -0.925. The van der Waals surface area contributed by atoms with Gasteiger partial charge in [-0.3, -0.25) is 58.3 Å². The molecule has 20 nitrogen and oxygen atoms in total. The Kier molecular flexibility index (Phi) is 23.9. The van der Waals surface area contributed by atoms with Gasteiger partial charge in [0.2, 0.25) is 0 Å². The van der Waals surface area contributed by atoms with Crippen molar-refractivity contribution in [2.75, 3.05) is 103 Å². The third-order valence-corrected chi connectivity index (χ3v) is 11.4. The first kappa shape index (κ1) is 61.4. The maximum absolute atomic E-state index is 13.0. The zero-order chi connectivity index (χ0) is 54.0. The SMILES string of the molecule is CN1CCN(CC(=O)O)Cc2cc(NC(=O)c3ccccc3)cc(n2)CN(CC(=O)O)CC1.CN1CCN(CC(=O)OC(C)(C)C)Cc2cc(NC(=O)c3ccccc3)cc(n2)CN(CC(=O)OC(C)(C)C)CC1.[Mn]. The second kappa shape index (κ2) is 29.2. The number of carboxylic acid groups (broad SMARTS) is 2.